The van der Waals surface area contributed by atoms with Gasteiger partial charge in [-0.05, 0) is 36.5 Å². The Kier molecular flexibility index (Phi) is 4.39. The number of carboxylic acids is 1. The van der Waals surface area contributed by atoms with Crippen LogP contribution in [-0.2, 0) is 11.4 Å². The molecule has 2 rings (SSSR count). The molecule has 1 aliphatic heterocycles. The van der Waals surface area contributed by atoms with Gasteiger partial charge < -0.3 is 15.1 Å². The monoisotopic (exact) mass is 277 g/mol. The molecule has 0 saturated carbocycles. The van der Waals surface area contributed by atoms with Crippen molar-refractivity contribution in [2.45, 2.75) is 32.4 Å². The lowest BCUT2D eigenvalue weighted by Crippen LogP contribution is -2.51. The summed E-state index contributed by atoms with van der Waals surface area (Å²) in [7, 11) is 0. The van der Waals surface area contributed by atoms with Crippen LogP contribution in [0, 0.1) is 5.92 Å². The normalized spacial score (nSPS) is 22.6. The Morgan fingerprint density at radius 2 is 1.95 bits per heavy atom. The number of rotatable bonds is 3. The first-order chi connectivity index (χ1) is 9.54. The molecule has 0 radical (unpaired) electrons. The quantitative estimate of drug-likeness (QED) is 0.877. The number of likely N-dealkylation sites (tertiary alicyclic amines) is 1. The summed E-state index contributed by atoms with van der Waals surface area (Å²) in [5, 5.41) is 18.3. The fourth-order valence-corrected chi connectivity index (χ4v) is 2.71. The van der Waals surface area contributed by atoms with Crippen LogP contribution in [0.2, 0.25) is 0 Å². The van der Waals surface area contributed by atoms with E-state index in [1.54, 1.807) is 24.3 Å². The number of nitrogens with zero attached hydrogens (tertiary/aromatic N) is 1. The van der Waals surface area contributed by atoms with E-state index >= 15 is 0 Å². The molecular formula is C15H19NO4. The van der Waals surface area contributed by atoms with Gasteiger partial charge in [-0.2, -0.15) is 0 Å². The standard InChI is InChI=1S/C15H19NO4/c1-10-3-2-8-16(13(10)15(19)20)14(18)12-6-4-11(9-17)5-7-12/h4-7,10,13,17H,2-3,8-9H2,1H3,(H,19,20). The second-order valence-corrected chi connectivity index (χ2v) is 5.26. The Morgan fingerprint density at radius 1 is 1.30 bits per heavy atom. The van der Waals surface area contributed by atoms with Gasteiger partial charge in [0.1, 0.15) is 6.04 Å². The average Bonchev–Trinajstić information content (AvgIpc) is 2.46. The Morgan fingerprint density at radius 3 is 2.50 bits per heavy atom. The first-order valence-corrected chi connectivity index (χ1v) is 6.78. The van der Waals surface area contributed by atoms with Gasteiger partial charge in [-0.3, -0.25) is 4.79 Å². The summed E-state index contributed by atoms with van der Waals surface area (Å²) in [5.74, 6) is -1.24. The molecule has 2 unspecified atom stereocenters. The lowest BCUT2D eigenvalue weighted by molar-refractivity contribution is -0.145. The molecule has 0 spiro atoms. The van der Waals surface area contributed by atoms with Crippen LogP contribution < -0.4 is 0 Å². The highest BCUT2D eigenvalue weighted by Crippen LogP contribution is 2.25. The van der Waals surface area contributed by atoms with E-state index in [0.29, 0.717) is 12.1 Å². The maximum atomic E-state index is 12.5. The zero-order valence-corrected chi connectivity index (χ0v) is 11.5. The minimum Gasteiger partial charge on any atom is -0.480 e. The summed E-state index contributed by atoms with van der Waals surface area (Å²) < 4.78 is 0. The molecular weight excluding hydrogens is 258 g/mol. The number of benzene rings is 1. The van der Waals surface area contributed by atoms with Crippen molar-refractivity contribution in [1.29, 1.82) is 0 Å². The van der Waals surface area contributed by atoms with Crippen molar-refractivity contribution < 1.29 is 19.8 Å². The molecule has 0 bridgehead atoms. The smallest absolute Gasteiger partial charge is 0.326 e. The van der Waals surface area contributed by atoms with Crippen molar-refractivity contribution in [2.75, 3.05) is 6.54 Å². The topological polar surface area (TPSA) is 77.8 Å². The minimum absolute atomic E-state index is 0.0399. The Balaban J connectivity index is 2.23. The largest absolute Gasteiger partial charge is 0.480 e. The van der Waals surface area contributed by atoms with Crippen LogP contribution in [-0.4, -0.2) is 39.6 Å². The summed E-state index contributed by atoms with van der Waals surface area (Å²) in [6, 6.07) is 5.86. The molecule has 0 aliphatic carbocycles. The van der Waals surface area contributed by atoms with Crippen LogP contribution in [0.5, 0.6) is 0 Å². The van der Waals surface area contributed by atoms with Gasteiger partial charge in [0, 0.05) is 12.1 Å². The Labute approximate surface area is 117 Å². The van der Waals surface area contributed by atoms with Crippen LogP contribution in [0.3, 0.4) is 0 Å². The van der Waals surface area contributed by atoms with E-state index in [1.165, 1.54) is 4.90 Å². The zero-order chi connectivity index (χ0) is 14.7. The third-order valence-electron chi connectivity index (χ3n) is 3.83. The van der Waals surface area contributed by atoms with Crippen molar-refractivity contribution >= 4 is 11.9 Å². The highest BCUT2D eigenvalue weighted by atomic mass is 16.4. The highest BCUT2D eigenvalue weighted by molar-refractivity contribution is 5.96. The number of amides is 1. The zero-order valence-electron chi connectivity index (χ0n) is 11.5. The summed E-state index contributed by atoms with van der Waals surface area (Å²) in [4.78, 5) is 25.3. The van der Waals surface area contributed by atoms with E-state index in [-0.39, 0.29) is 18.4 Å². The number of aliphatic hydroxyl groups is 1. The number of aliphatic hydroxyl groups excluding tert-OH is 1. The van der Waals surface area contributed by atoms with Crippen LogP contribution >= 0.6 is 0 Å². The van der Waals surface area contributed by atoms with Crippen molar-refractivity contribution in [2.24, 2.45) is 5.92 Å². The second kappa shape index (κ2) is 6.05. The number of hydrogen-bond donors (Lipinski definition) is 2. The molecule has 1 amide bonds. The first-order valence-electron chi connectivity index (χ1n) is 6.78. The predicted octanol–water partition coefficient (Wildman–Crippen LogP) is 1.50. The SMILES string of the molecule is CC1CCCN(C(=O)c2ccc(CO)cc2)C1C(=O)O. The third-order valence-corrected chi connectivity index (χ3v) is 3.83. The molecule has 2 atom stereocenters. The predicted molar refractivity (Wildman–Crippen MR) is 73.2 cm³/mol. The molecule has 108 valence electrons. The number of carbonyl (C=O) groups excluding carboxylic acids is 1. The van der Waals surface area contributed by atoms with Crippen molar-refractivity contribution in [1.82, 2.24) is 4.90 Å². The maximum Gasteiger partial charge on any atom is 0.326 e. The first kappa shape index (κ1) is 14.5. The van der Waals surface area contributed by atoms with Crippen LogP contribution in [0.15, 0.2) is 24.3 Å². The molecule has 1 aromatic rings. The molecule has 2 N–H and O–H groups in total. The fraction of sp³-hybridized carbons (Fsp3) is 0.467. The fourth-order valence-electron chi connectivity index (χ4n) is 2.71. The van der Waals surface area contributed by atoms with Gasteiger partial charge in [-0.1, -0.05) is 19.1 Å². The number of piperidine rings is 1. The van der Waals surface area contributed by atoms with Crippen molar-refractivity contribution in [3.63, 3.8) is 0 Å². The lowest BCUT2D eigenvalue weighted by atomic mass is 9.90. The Hall–Kier alpha value is -1.88. The van der Waals surface area contributed by atoms with Crippen LogP contribution in [0.25, 0.3) is 0 Å². The van der Waals surface area contributed by atoms with E-state index < -0.39 is 12.0 Å². The summed E-state index contributed by atoms with van der Waals surface area (Å²) >= 11 is 0. The molecule has 20 heavy (non-hydrogen) atoms. The molecule has 0 aromatic heterocycles. The third kappa shape index (κ3) is 2.82. The van der Waals surface area contributed by atoms with Gasteiger partial charge in [0.2, 0.25) is 0 Å². The number of carboxylic acid groups (broad SMARTS) is 1. The maximum absolute atomic E-state index is 12.5. The molecule has 5 heteroatoms. The minimum atomic E-state index is -0.947. The van der Waals surface area contributed by atoms with Gasteiger partial charge in [-0.15, -0.1) is 0 Å². The van der Waals surface area contributed by atoms with E-state index in [1.807, 2.05) is 6.92 Å². The number of hydrogen-bond acceptors (Lipinski definition) is 3. The Bertz CT molecular complexity index is 497. The molecule has 1 saturated heterocycles. The number of aliphatic carboxylic acids is 1. The number of carbonyl (C=O) groups is 2. The van der Waals surface area contributed by atoms with E-state index in [2.05, 4.69) is 0 Å². The summed E-state index contributed by atoms with van der Waals surface area (Å²) in [5.41, 5.74) is 1.19. The molecule has 5 nitrogen and oxygen atoms in total. The average molecular weight is 277 g/mol. The van der Waals surface area contributed by atoms with Gasteiger partial charge in [0.25, 0.3) is 5.91 Å². The second-order valence-electron chi connectivity index (χ2n) is 5.26. The molecule has 1 fully saturated rings. The summed E-state index contributed by atoms with van der Waals surface area (Å²) in [6.07, 6.45) is 1.65. The van der Waals surface area contributed by atoms with E-state index in [0.717, 1.165) is 18.4 Å². The van der Waals surface area contributed by atoms with Gasteiger partial charge in [0.05, 0.1) is 6.61 Å². The van der Waals surface area contributed by atoms with Crippen LogP contribution in [0.1, 0.15) is 35.7 Å². The van der Waals surface area contributed by atoms with E-state index in [4.69, 9.17) is 5.11 Å². The molecule has 1 aromatic carbocycles. The van der Waals surface area contributed by atoms with Crippen molar-refractivity contribution in [3.8, 4) is 0 Å². The van der Waals surface area contributed by atoms with Gasteiger partial charge >= 0.3 is 5.97 Å². The van der Waals surface area contributed by atoms with Gasteiger partial charge in [0.15, 0.2) is 0 Å². The van der Waals surface area contributed by atoms with Crippen molar-refractivity contribution in [3.05, 3.63) is 35.4 Å². The molecule has 1 heterocycles. The lowest BCUT2D eigenvalue weighted by Gasteiger charge is -2.37. The highest BCUT2D eigenvalue weighted by Gasteiger charge is 2.37. The summed E-state index contributed by atoms with van der Waals surface area (Å²) in [6.45, 7) is 2.27. The van der Waals surface area contributed by atoms with E-state index in [9.17, 15) is 14.7 Å². The van der Waals surface area contributed by atoms with Crippen LogP contribution in [0.4, 0.5) is 0 Å². The molecule has 1 aliphatic rings. The van der Waals surface area contributed by atoms with Gasteiger partial charge in [-0.25, -0.2) is 4.79 Å².